The van der Waals surface area contributed by atoms with Crippen LogP contribution < -0.4 is 5.32 Å². The molecule has 3 nitrogen and oxygen atoms in total. The Balaban J connectivity index is 1.82. The van der Waals surface area contributed by atoms with Gasteiger partial charge in [0.2, 0.25) is 0 Å². The zero-order valence-electron chi connectivity index (χ0n) is 13.7. The lowest BCUT2D eigenvalue weighted by molar-refractivity contribution is 0.0618. The number of nitrogens with zero attached hydrogens (tertiary/aromatic N) is 2. The average Bonchev–Trinajstić information content (AvgIpc) is 2.43. The molecular weight excluding hydrogens is 282 g/mol. The molecule has 1 N–H and O–H groups in total. The first-order valence-electron chi connectivity index (χ1n) is 7.78. The molecule has 21 heavy (non-hydrogen) atoms. The Morgan fingerprint density at radius 1 is 1.19 bits per heavy atom. The van der Waals surface area contributed by atoms with Crippen LogP contribution in [0.2, 0.25) is 5.02 Å². The molecule has 4 heteroatoms. The Bertz CT molecular complexity index is 465. The van der Waals surface area contributed by atoms with Crippen LogP contribution >= 0.6 is 11.6 Å². The maximum absolute atomic E-state index is 6.18. The van der Waals surface area contributed by atoms with E-state index in [9.17, 15) is 0 Å². The first-order chi connectivity index (χ1) is 9.88. The van der Waals surface area contributed by atoms with Gasteiger partial charge >= 0.3 is 0 Å². The van der Waals surface area contributed by atoms with Gasteiger partial charge in [0.05, 0.1) is 0 Å². The average molecular weight is 310 g/mol. The molecule has 0 radical (unpaired) electrons. The predicted molar refractivity (Wildman–Crippen MR) is 91.0 cm³/mol. The summed E-state index contributed by atoms with van der Waals surface area (Å²) in [6.07, 6.45) is 0. The highest BCUT2D eigenvalue weighted by atomic mass is 35.5. The topological polar surface area (TPSA) is 18.5 Å². The molecule has 0 unspecified atom stereocenters. The smallest absolute Gasteiger partial charge is 0.0438 e. The molecule has 0 atom stereocenters. The number of rotatable bonds is 5. The van der Waals surface area contributed by atoms with E-state index in [2.05, 4.69) is 54.2 Å². The van der Waals surface area contributed by atoms with E-state index in [1.807, 2.05) is 6.92 Å². The minimum atomic E-state index is 0.190. The minimum absolute atomic E-state index is 0.190. The van der Waals surface area contributed by atoms with Crippen molar-refractivity contribution in [1.82, 2.24) is 15.1 Å². The van der Waals surface area contributed by atoms with Crippen LogP contribution in [0.3, 0.4) is 0 Å². The summed E-state index contributed by atoms with van der Waals surface area (Å²) in [4.78, 5) is 4.98. The van der Waals surface area contributed by atoms with Gasteiger partial charge in [-0.25, -0.2) is 0 Å². The van der Waals surface area contributed by atoms with E-state index in [4.69, 9.17) is 11.6 Å². The van der Waals surface area contributed by atoms with Crippen molar-refractivity contribution in [3.63, 3.8) is 0 Å². The number of hydrogen-bond acceptors (Lipinski definition) is 3. The summed E-state index contributed by atoms with van der Waals surface area (Å²) >= 11 is 6.18. The maximum atomic E-state index is 6.18. The van der Waals surface area contributed by atoms with Crippen molar-refractivity contribution in [3.05, 3.63) is 34.3 Å². The Labute approximate surface area is 134 Å². The Morgan fingerprint density at radius 2 is 1.86 bits per heavy atom. The molecule has 1 aromatic carbocycles. The molecular formula is C17H28ClN3. The van der Waals surface area contributed by atoms with Gasteiger partial charge in [-0.15, -0.1) is 0 Å². The summed E-state index contributed by atoms with van der Waals surface area (Å²) in [6, 6.07) is 6.30. The normalized spacial score (nSPS) is 18.1. The number of nitrogens with one attached hydrogen (secondary N) is 1. The second kappa shape index (κ2) is 7.10. The second-order valence-electron chi connectivity index (χ2n) is 6.79. The summed E-state index contributed by atoms with van der Waals surface area (Å²) in [5, 5.41) is 4.44. The van der Waals surface area contributed by atoms with Crippen molar-refractivity contribution >= 4 is 11.6 Å². The molecule has 0 amide bonds. The minimum Gasteiger partial charge on any atom is -0.311 e. The highest BCUT2D eigenvalue weighted by Crippen LogP contribution is 2.18. The number of hydrogen-bond donors (Lipinski definition) is 1. The summed E-state index contributed by atoms with van der Waals surface area (Å²) < 4.78 is 0. The third kappa shape index (κ3) is 4.68. The first-order valence-corrected chi connectivity index (χ1v) is 8.15. The van der Waals surface area contributed by atoms with Crippen LogP contribution in [-0.2, 0) is 6.54 Å². The monoisotopic (exact) mass is 309 g/mol. The second-order valence-corrected chi connectivity index (χ2v) is 7.20. The van der Waals surface area contributed by atoms with Gasteiger partial charge in [-0.3, -0.25) is 4.90 Å². The number of piperazine rings is 1. The Morgan fingerprint density at radius 3 is 2.48 bits per heavy atom. The summed E-state index contributed by atoms with van der Waals surface area (Å²) in [5.74, 6) is 0. The van der Waals surface area contributed by atoms with Crippen molar-refractivity contribution in [2.75, 3.05) is 39.8 Å². The SMILES string of the molecule is Cc1ccc(CNCC(C)(C)N2CCN(C)CC2)cc1Cl. The lowest BCUT2D eigenvalue weighted by Gasteiger charge is -2.43. The summed E-state index contributed by atoms with van der Waals surface area (Å²) in [5.41, 5.74) is 2.58. The fraction of sp³-hybridized carbons (Fsp3) is 0.647. The molecule has 1 aromatic rings. The number of aryl methyl sites for hydroxylation is 1. The zero-order chi connectivity index (χ0) is 15.5. The van der Waals surface area contributed by atoms with Crippen LogP contribution in [-0.4, -0.2) is 55.1 Å². The molecule has 0 aliphatic carbocycles. The number of benzene rings is 1. The summed E-state index contributed by atoms with van der Waals surface area (Å²) in [6.45, 7) is 13.2. The van der Waals surface area contributed by atoms with Crippen molar-refractivity contribution in [2.45, 2.75) is 32.9 Å². The molecule has 0 spiro atoms. The van der Waals surface area contributed by atoms with Gasteiger partial charge in [-0.05, 0) is 45.0 Å². The molecule has 0 saturated carbocycles. The molecule has 0 aromatic heterocycles. The fourth-order valence-electron chi connectivity index (χ4n) is 2.78. The Hall–Kier alpha value is -0.610. The standard InChI is InChI=1S/C17H28ClN3/c1-14-5-6-15(11-16(14)18)12-19-13-17(2,3)21-9-7-20(4)8-10-21/h5-6,11,19H,7-10,12-13H2,1-4H3. The van der Waals surface area contributed by atoms with Gasteiger partial charge in [0.25, 0.3) is 0 Å². The molecule has 1 heterocycles. The van der Waals surface area contributed by atoms with Gasteiger partial charge in [-0.2, -0.15) is 0 Å². The van der Waals surface area contributed by atoms with E-state index >= 15 is 0 Å². The fourth-order valence-corrected chi connectivity index (χ4v) is 2.99. The highest BCUT2D eigenvalue weighted by molar-refractivity contribution is 6.31. The summed E-state index contributed by atoms with van der Waals surface area (Å²) in [7, 11) is 2.20. The molecule has 1 saturated heterocycles. The van der Waals surface area contributed by atoms with E-state index < -0.39 is 0 Å². The van der Waals surface area contributed by atoms with Crippen LogP contribution in [0.25, 0.3) is 0 Å². The quantitative estimate of drug-likeness (QED) is 0.902. The van der Waals surface area contributed by atoms with Gasteiger partial charge in [0, 0.05) is 49.8 Å². The van der Waals surface area contributed by atoms with Crippen LogP contribution in [0.1, 0.15) is 25.0 Å². The van der Waals surface area contributed by atoms with Crippen LogP contribution in [0, 0.1) is 6.92 Å². The van der Waals surface area contributed by atoms with Crippen LogP contribution in [0.5, 0.6) is 0 Å². The lowest BCUT2D eigenvalue weighted by atomic mass is 10.0. The van der Waals surface area contributed by atoms with Crippen molar-refractivity contribution in [2.24, 2.45) is 0 Å². The molecule has 1 fully saturated rings. The van der Waals surface area contributed by atoms with Gasteiger partial charge < -0.3 is 10.2 Å². The maximum Gasteiger partial charge on any atom is 0.0438 e. The van der Waals surface area contributed by atoms with Gasteiger partial charge in [0.15, 0.2) is 0 Å². The molecule has 0 bridgehead atoms. The van der Waals surface area contributed by atoms with E-state index in [1.165, 1.54) is 5.56 Å². The van der Waals surface area contributed by atoms with E-state index in [-0.39, 0.29) is 5.54 Å². The van der Waals surface area contributed by atoms with E-state index in [0.29, 0.717) is 0 Å². The van der Waals surface area contributed by atoms with Crippen molar-refractivity contribution < 1.29 is 0 Å². The number of halogens is 1. The van der Waals surface area contributed by atoms with E-state index in [1.54, 1.807) is 0 Å². The van der Waals surface area contributed by atoms with Crippen LogP contribution in [0.15, 0.2) is 18.2 Å². The zero-order valence-corrected chi connectivity index (χ0v) is 14.5. The molecule has 1 aliphatic rings. The van der Waals surface area contributed by atoms with Crippen molar-refractivity contribution in [1.29, 1.82) is 0 Å². The van der Waals surface area contributed by atoms with Gasteiger partial charge in [0.1, 0.15) is 0 Å². The van der Waals surface area contributed by atoms with E-state index in [0.717, 1.165) is 49.9 Å². The van der Waals surface area contributed by atoms with Gasteiger partial charge in [-0.1, -0.05) is 23.7 Å². The predicted octanol–water partition coefficient (Wildman–Crippen LogP) is 2.76. The molecule has 2 rings (SSSR count). The van der Waals surface area contributed by atoms with Crippen LogP contribution in [0.4, 0.5) is 0 Å². The first kappa shape index (κ1) is 16.8. The lowest BCUT2D eigenvalue weighted by Crippen LogP contribution is -2.57. The van der Waals surface area contributed by atoms with Crippen molar-refractivity contribution in [3.8, 4) is 0 Å². The molecule has 1 aliphatic heterocycles. The Kier molecular flexibility index (Phi) is 5.67. The molecule has 118 valence electrons. The highest BCUT2D eigenvalue weighted by Gasteiger charge is 2.28. The third-order valence-electron chi connectivity index (χ3n) is 4.48. The third-order valence-corrected chi connectivity index (χ3v) is 4.89. The number of likely N-dealkylation sites (N-methyl/N-ethyl adjacent to an activating group) is 1. The largest absolute Gasteiger partial charge is 0.311 e.